The van der Waals surface area contributed by atoms with Gasteiger partial charge in [0.2, 0.25) is 0 Å². The van der Waals surface area contributed by atoms with Crippen LogP contribution in [-0.2, 0) is 23.8 Å². The van der Waals surface area contributed by atoms with Crippen LogP contribution in [0.2, 0.25) is 0 Å². The summed E-state index contributed by atoms with van der Waals surface area (Å²) >= 11 is 0. The van der Waals surface area contributed by atoms with E-state index < -0.39 is 22.3 Å². The van der Waals surface area contributed by atoms with Gasteiger partial charge in [-0.15, -0.1) is 0 Å². The molecule has 0 amide bonds. The summed E-state index contributed by atoms with van der Waals surface area (Å²) in [4.78, 5) is 10.8. The van der Waals surface area contributed by atoms with Gasteiger partial charge in [0.05, 0.1) is 11.0 Å². The minimum Gasteiger partial charge on any atom is -0.462 e. The number of aliphatic hydroxyl groups is 1. The van der Waals surface area contributed by atoms with Crippen molar-refractivity contribution in [2.45, 2.75) is 95.3 Å². The first-order chi connectivity index (χ1) is 13.7. The van der Waals surface area contributed by atoms with E-state index in [1.807, 2.05) is 6.92 Å². The fraction of sp³-hybridized carbons (Fsp3) is 0.682. The number of hydrogen-bond acceptors (Lipinski definition) is 6. The fourth-order valence-corrected chi connectivity index (χ4v) is 4.91. The molecular formula is C22H34O6S. The lowest BCUT2D eigenvalue weighted by atomic mass is 9.88. The van der Waals surface area contributed by atoms with E-state index in [2.05, 4.69) is 6.92 Å². The molecule has 1 aromatic rings. The average molecular weight is 427 g/mol. The third-order valence-corrected chi connectivity index (χ3v) is 6.93. The molecule has 0 spiro atoms. The zero-order valence-corrected chi connectivity index (χ0v) is 18.5. The third kappa shape index (κ3) is 7.72. The van der Waals surface area contributed by atoms with Crippen LogP contribution in [0.25, 0.3) is 0 Å². The lowest BCUT2D eigenvalue weighted by Gasteiger charge is -2.27. The summed E-state index contributed by atoms with van der Waals surface area (Å²) in [5.74, 6) is 0.427. The van der Waals surface area contributed by atoms with Gasteiger partial charge in [-0.3, -0.25) is 8.98 Å². The minimum absolute atomic E-state index is 0.135. The Morgan fingerprint density at radius 2 is 1.52 bits per heavy atom. The number of aryl methyl sites for hydroxylation is 1. The third-order valence-electron chi connectivity index (χ3n) is 5.58. The Bertz CT molecular complexity index is 743. The molecule has 3 rings (SSSR count). The van der Waals surface area contributed by atoms with E-state index in [9.17, 15) is 18.3 Å². The van der Waals surface area contributed by atoms with Crippen LogP contribution in [0.3, 0.4) is 0 Å². The van der Waals surface area contributed by atoms with E-state index >= 15 is 0 Å². The van der Waals surface area contributed by atoms with Crippen LogP contribution in [0.15, 0.2) is 29.2 Å². The molecule has 6 nitrogen and oxygen atoms in total. The maximum Gasteiger partial charge on any atom is 0.302 e. The van der Waals surface area contributed by atoms with Gasteiger partial charge in [0.15, 0.2) is 0 Å². The maximum atomic E-state index is 12.0. The summed E-state index contributed by atoms with van der Waals surface area (Å²) in [6, 6.07) is 6.51. The average Bonchev–Trinajstić information content (AvgIpc) is 2.66. The highest BCUT2D eigenvalue weighted by molar-refractivity contribution is 7.86. The van der Waals surface area contributed by atoms with Crippen molar-refractivity contribution in [3.63, 3.8) is 0 Å². The summed E-state index contributed by atoms with van der Waals surface area (Å²) in [6.45, 7) is 5.54. The van der Waals surface area contributed by atoms with Crippen LogP contribution >= 0.6 is 0 Å². The van der Waals surface area contributed by atoms with Crippen molar-refractivity contribution in [3.05, 3.63) is 29.8 Å². The van der Waals surface area contributed by atoms with E-state index in [1.165, 1.54) is 38.3 Å². The topological polar surface area (TPSA) is 89.9 Å². The molecule has 0 radical (unpaired) electrons. The summed E-state index contributed by atoms with van der Waals surface area (Å²) in [7, 11) is -3.77. The highest BCUT2D eigenvalue weighted by Gasteiger charge is 2.29. The van der Waals surface area contributed by atoms with Crippen molar-refractivity contribution < 1.29 is 27.2 Å². The molecule has 0 saturated heterocycles. The number of carbonyl (C=O) groups excluding carboxylic acids is 1. The van der Waals surface area contributed by atoms with Crippen LogP contribution < -0.4 is 0 Å². The van der Waals surface area contributed by atoms with Crippen LogP contribution in [0.4, 0.5) is 0 Å². The normalized spacial score (nSPS) is 27.4. The Balaban J connectivity index is 0.000000234. The van der Waals surface area contributed by atoms with Crippen molar-refractivity contribution in [3.8, 4) is 0 Å². The Morgan fingerprint density at radius 3 is 2.07 bits per heavy atom. The highest BCUT2D eigenvalue weighted by atomic mass is 32.2. The predicted molar refractivity (Wildman–Crippen MR) is 111 cm³/mol. The van der Waals surface area contributed by atoms with Crippen LogP contribution in [0, 0.1) is 12.8 Å². The van der Waals surface area contributed by atoms with Crippen molar-refractivity contribution in [2.75, 3.05) is 0 Å². The van der Waals surface area contributed by atoms with Crippen LogP contribution in [0.5, 0.6) is 0 Å². The molecule has 2 aliphatic carbocycles. The molecule has 164 valence electrons. The van der Waals surface area contributed by atoms with Gasteiger partial charge >= 0.3 is 5.97 Å². The molecule has 1 N–H and O–H groups in total. The van der Waals surface area contributed by atoms with Crippen LogP contribution in [-0.4, -0.2) is 37.8 Å². The van der Waals surface area contributed by atoms with Gasteiger partial charge in [0.25, 0.3) is 10.1 Å². The molecule has 4 atom stereocenters. The number of esters is 1. The number of ether oxygens (including phenoxy) is 1. The molecule has 7 heteroatoms. The first-order valence-corrected chi connectivity index (χ1v) is 11.9. The molecule has 29 heavy (non-hydrogen) atoms. The Hall–Kier alpha value is -1.44. The molecule has 0 unspecified atom stereocenters. The minimum atomic E-state index is -3.77. The molecule has 0 heterocycles. The fourth-order valence-electron chi connectivity index (χ4n) is 3.78. The van der Waals surface area contributed by atoms with Gasteiger partial charge in [-0.2, -0.15) is 8.42 Å². The second-order valence-electron chi connectivity index (χ2n) is 8.16. The monoisotopic (exact) mass is 426 g/mol. The first kappa shape index (κ1) is 23.8. The zero-order chi connectivity index (χ0) is 21.4. The summed E-state index contributed by atoms with van der Waals surface area (Å²) < 4.78 is 34.4. The van der Waals surface area contributed by atoms with Crippen molar-refractivity contribution in [1.29, 1.82) is 0 Å². The van der Waals surface area contributed by atoms with Gasteiger partial charge < -0.3 is 9.84 Å². The Labute approximate surface area is 174 Å². The lowest BCUT2D eigenvalue weighted by molar-refractivity contribution is -0.150. The summed E-state index contributed by atoms with van der Waals surface area (Å²) in [6.07, 6.45) is 6.68. The molecule has 0 aliphatic heterocycles. The SMILES string of the molecule is CC(=O)O[C@@H]1CCCC[C@@H]1C.Cc1ccc(S(=O)(=O)O[C@H]2CCCC[C@H]2O)cc1. The second-order valence-corrected chi connectivity index (χ2v) is 9.74. The smallest absolute Gasteiger partial charge is 0.302 e. The van der Waals surface area contributed by atoms with E-state index in [-0.39, 0.29) is 17.0 Å². The molecule has 2 fully saturated rings. The van der Waals surface area contributed by atoms with Crippen molar-refractivity contribution in [1.82, 2.24) is 0 Å². The number of aliphatic hydroxyl groups excluding tert-OH is 1. The second kappa shape index (κ2) is 11.1. The maximum absolute atomic E-state index is 12.0. The molecule has 1 aromatic carbocycles. The summed E-state index contributed by atoms with van der Waals surface area (Å²) in [5.41, 5.74) is 0.992. The Morgan fingerprint density at radius 1 is 0.966 bits per heavy atom. The van der Waals surface area contributed by atoms with E-state index in [0.717, 1.165) is 24.8 Å². The number of benzene rings is 1. The predicted octanol–water partition coefficient (Wildman–Crippen LogP) is 4.13. The van der Waals surface area contributed by atoms with Gasteiger partial charge in [-0.05, 0) is 57.1 Å². The molecule has 0 bridgehead atoms. The number of carbonyl (C=O) groups is 1. The first-order valence-electron chi connectivity index (χ1n) is 10.5. The molecular weight excluding hydrogens is 392 g/mol. The summed E-state index contributed by atoms with van der Waals surface area (Å²) in [5, 5.41) is 9.73. The van der Waals surface area contributed by atoms with Gasteiger partial charge in [0.1, 0.15) is 12.2 Å². The Kier molecular flexibility index (Phi) is 9.11. The van der Waals surface area contributed by atoms with Crippen molar-refractivity contribution >= 4 is 16.1 Å². The molecule has 2 saturated carbocycles. The van der Waals surface area contributed by atoms with Gasteiger partial charge in [-0.1, -0.05) is 43.9 Å². The highest BCUT2D eigenvalue weighted by Crippen LogP contribution is 2.26. The molecule has 0 aromatic heterocycles. The number of rotatable bonds is 4. The standard InChI is InChI=1S/C13H18O4S.C9H16O2/c1-10-6-8-11(9-7-10)18(15,16)17-13-5-3-2-4-12(13)14;1-7-5-3-4-6-9(7)11-8(2)10/h6-9,12-14H,2-5H2,1H3;7,9H,3-6H2,1-2H3/t12-,13+;7-,9+/m10/s1. The van der Waals surface area contributed by atoms with E-state index in [4.69, 9.17) is 8.92 Å². The largest absolute Gasteiger partial charge is 0.462 e. The van der Waals surface area contributed by atoms with Crippen LogP contribution in [0.1, 0.15) is 70.8 Å². The lowest BCUT2D eigenvalue weighted by Crippen LogP contribution is -2.34. The quantitative estimate of drug-likeness (QED) is 0.575. The van der Waals surface area contributed by atoms with Gasteiger partial charge in [-0.25, -0.2) is 0 Å². The van der Waals surface area contributed by atoms with E-state index in [1.54, 1.807) is 12.1 Å². The van der Waals surface area contributed by atoms with Crippen molar-refractivity contribution in [2.24, 2.45) is 5.92 Å². The zero-order valence-electron chi connectivity index (χ0n) is 17.7. The van der Waals surface area contributed by atoms with Gasteiger partial charge in [0, 0.05) is 6.92 Å². The van der Waals surface area contributed by atoms with E-state index in [0.29, 0.717) is 18.8 Å². The molecule has 2 aliphatic rings. The number of hydrogen-bond donors (Lipinski definition) is 1.